The highest BCUT2D eigenvalue weighted by molar-refractivity contribution is 7.88. The molecule has 1 aliphatic heterocycles. The highest BCUT2D eigenvalue weighted by atomic mass is 32.2. The van der Waals surface area contributed by atoms with Gasteiger partial charge in [0, 0.05) is 45.0 Å². The molecule has 22 heavy (non-hydrogen) atoms. The van der Waals surface area contributed by atoms with E-state index in [0.29, 0.717) is 19.0 Å². The summed E-state index contributed by atoms with van der Waals surface area (Å²) in [5, 5.41) is 4.22. The lowest BCUT2D eigenvalue weighted by Gasteiger charge is -2.34. The molecule has 0 bridgehead atoms. The molecule has 1 saturated heterocycles. The lowest BCUT2D eigenvalue weighted by Crippen LogP contribution is -2.43. The molecule has 0 N–H and O–H groups in total. The molecule has 1 aromatic rings. The van der Waals surface area contributed by atoms with Crippen molar-refractivity contribution >= 4 is 10.0 Å². The van der Waals surface area contributed by atoms with Crippen molar-refractivity contribution in [2.24, 2.45) is 13.0 Å². The molecule has 1 aromatic heterocycles. The molecule has 0 aliphatic carbocycles. The number of aromatic nitrogens is 2. The molecule has 7 heteroatoms. The molecule has 0 unspecified atom stereocenters. The van der Waals surface area contributed by atoms with Crippen LogP contribution in [-0.2, 0) is 23.6 Å². The zero-order chi connectivity index (χ0) is 16.2. The summed E-state index contributed by atoms with van der Waals surface area (Å²) in [6.45, 7) is 6.38. The van der Waals surface area contributed by atoms with Crippen molar-refractivity contribution in [1.82, 2.24) is 19.0 Å². The Hall–Kier alpha value is -0.920. The first-order chi connectivity index (χ1) is 10.4. The molecule has 126 valence electrons. The minimum absolute atomic E-state index is 0.423. The number of sulfonamides is 1. The second-order valence-corrected chi connectivity index (χ2v) is 8.37. The summed E-state index contributed by atoms with van der Waals surface area (Å²) in [5.41, 5.74) is 1.21. The van der Waals surface area contributed by atoms with Crippen molar-refractivity contribution in [2.75, 3.05) is 32.4 Å². The Labute approximate surface area is 134 Å². The summed E-state index contributed by atoms with van der Waals surface area (Å²) >= 11 is 0. The van der Waals surface area contributed by atoms with E-state index in [-0.39, 0.29) is 0 Å². The van der Waals surface area contributed by atoms with E-state index in [1.54, 1.807) is 4.31 Å². The van der Waals surface area contributed by atoms with Gasteiger partial charge in [0.2, 0.25) is 10.0 Å². The SMILES string of the molecule is CCCN(Cc1cnn(C)c1)C[C@H]1CCCN(S(C)(=O)=O)C1. The van der Waals surface area contributed by atoms with Gasteiger partial charge in [-0.05, 0) is 31.7 Å². The summed E-state index contributed by atoms with van der Waals surface area (Å²) in [7, 11) is -1.13. The third-order valence-corrected chi connectivity index (χ3v) is 5.44. The minimum Gasteiger partial charge on any atom is -0.299 e. The number of piperidine rings is 1. The topological polar surface area (TPSA) is 58.4 Å². The van der Waals surface area contributed by atoms with Gasteiger partial charge in [-0.25, -0.2) is 12.7 Å². The molecule has 2 heterocycles. The summed E-state index contributed by atoms with van der Waals surface area (Å²) in [6, 6.07) is 0. The van der Waals surface area contributed by atoms with Crippen molar-refractivity contribution in [3.05, 3.63) is 18.0 Å². The maximum absolute atomic E-state index is 11.7. The maximum Gasteiger partial charge on any atom is 0.211 e. The Morgan fingerprint density at radius 1 is 1.45 bits per heavy atom. The van der Waals surface area contributed by atoms with Crippen molar-refractivity contribution < 1.29 is 8.42 Å². The average Bonchev–Trinajstić information content (AvgIpc) is 2.84. The van der Waals surface area contributed by atoms with Gasteiger partial charge in [0.15, 0.2) is 0 Å². The van der Waals surface area contributed by atoms with Crippen molar-refractivity contribution in [3.63, 3.8) is 0 Å². The van der Waals surface area contributed by atoms with Crippen molar-refractivity contribution in [3.8, 4) is 0 Å². The van der Waals surface area contributed by atoms with Crippen LogP contribution in [0.2, 0.25) is 0 Å². The van der Waals surface area contributed by atoms with Gasteiger partial charge < -0.3 is 0 Å². The number of rotatable bonds is 7. The van der Waals surface area contributed by atoms with Gasteiger partial charge in [0.05, 0.1) is 12.5 Å². The van der Waals surface area contributed by atoms with Gasteiger partial charge in [-0.15, -0.1) is 0 Å². The molecular weight excluding hydrogens is 300 g/mol. The Morgan fingerprint density at radius 3 is 2.82 bits per heavy atom. The summed E-state index contributed by atoms with van der Waals surface area (Å²) in [4.78, 5) is 2.42. The molecule has 0 amide bonds. The predicted octanol–water partition coefficient (Wildman–Crippen LogP) is 1.30. The number of nitrogens with zero attached hydrogens (tertiary/aromatic N) is 4. The highest BCUT2D eigenvalue weighted by Gasteiger charge is 2.27. The van der Waals surface area contributed by atoms with Crippen LogP contribution in [0, 0.1) is 5.92 Å². The fourth-order valence-electron chi connectivity index (χ4n) is 3.21. The van der Waals surface area contributed by atoms with Crippen LogP contribution in [0.5, 0.6) is 0 Å². The first-order valence-corrected chi connectivity index (χ1v) is 9.88. The maximum atomic E-state index is 11.7. The van der Waals surface area contributed by atoms with Gasteiger partial charge in [0.1, 0.15) is 0 Å². The zero-order valence-corrected chi connectivity index (χ0v) is 14.7. The fourth-order valence-corrected chi connectivity index (χ4v) is 4.15. The standard InChI is InChI=1S/C15H28N4O2S/c1-4-7-18(12-15-9-16-17(2)10-15)11-14-6-5-8-19(13-14)22(3,20)21/h9-10,14H,4-8,11-13H2,1-3H3/t14-/m1/s1. The third-order valence-electron chi connectivity index (χ3n) is 4.17. The molecule has 6 nitrogen and oxygen atoms in total. The number of aryl methyl sites for hydroxylation is 1. The van der Waals surface area contributed by atoms with E-state index < -0.39 is 10.0 Å². The number of hydrogen-bond donors (Lipinski definition) is 0. The Balaban J connectivity index is 1.95. The fraction of sp³-hybridized carbons (Fsp3) is 0.800. The van der Waals surface area contributed by atoms with Crippen LogP contribution in [0.4, 0.5) is 0 Å². The van der Waals surface area contributed by atoms with Crippen molar-refractivity contribution in [1.29, 1.82) is 0 Å². The Morgan fingerprint density at radius 2 is 2.23 bits per heavy atom. The summed E-state index contributed by atoms with van der Waals surface area (Å²) in [5.74, 6) is 0.423. The van der Waals surface area contributed by atoms with E-state index in [4.69, 9.17) is 0 Å². The van der Waals surface area contributed by atoms with E-state index in [1.165, 1.54) is 11.8 Å². The van der Waals surface area contributed by atoms with Gasteiger partial charge in [-0.1, -0.05) is 6.92 Å². The summed E-state index contributed by atoms with van der Waals surface area (Å²) < 4.78 is 26.9. The van der Waals surface area contributed by atoms with Crippen molar-refractivity contribution in [2.45, 2.75) is 32.7 Å². The molecule has 0 aromatic carbocycles. The van der Waals surface area contributed by atoms with Gasteiger partial charge in [-0.2, -0.15) is 5.10 Å². The van der Waals surface area contributed by atoms with E-state index in [1.807, 2.05) is 24.1 Å². The van der Waals surface area contributed by atoms with E-state index >= 15 is 0 Å². The van der Waals surface area contributed by atoms with Crippen LogP contribution in [0.1, 0.15) is 31.7 Å². The Bertz CT molecular complexity index is 570. The molecule has 0 radical (unpaired) electrons. The lowest BCUT2D eigenvalue weighted by molar-refractivity contribution is 0.173. The predicted molar refractivity (Wildman–Crippen MR) is 87.9 cm³/mol. The smallest absolute Gasteiger partial charge is 0.211 e. The first kappa shape index (κ1) is 17.4. The van der Waals surface area contributed by atoms with Crippen LogP contribution in [0.3, 0.4) is 0 Å². The van der Waals surface area contributed by atoms with E-state index in [2.05, 4.69) is 16.9 Å². The first-order valence-electron chi connectivity index (χ1n) is 8.03. The third kappa shape index (κ3) is 5.07. The Kier molecular flexibility index (Phi) is 6.00. The second kappa shape index (κ2) is 7.57. The molecule has 2 rings (SSSR count). The second-order valence-electron chi connectivity index (χ2n) is 6.39. The molecule has 1 fully saturated rings. The minimum atomic E-state index is -3.06. The molecule has 0 spiro atoms. The highest BCUT2D eigenvalue weighted by Crippen LogP contribution is 2.20. The zero-order valence-electron chi connectivity index (χ0n) is 13.9. The van der Waals surface area contributed by atoms with Crippen LogP contribution in [0.15, 0.2) is 12.4 Å². The van der Waals surface area contributed by atoms with Gasteiger partial charge >= 0.3 is 0 Å². The monoisotopic (exact) mass is 328 g/mol. The molecular formula is C15H28N4O2S. The molecule has 1 aliphatic rings. The van der Waals surface area contributed by atoms with Crippen LogP contribution in [-0.4, -0.2) is 59.8 Å². The average molecular weight is 328 g/mol. The molecule has 1 atom stereocenters. The van der Waals surface area contributed by atoms with Crippen LogP contribution in [0.25, 0.3) is 0 Å². The van der Waals surface area contributed by atoms with Crippen LogP contribution >= 0.6 is 0 Å². The summed E-state index contributed by atoms with van der Waals surface area (Å²) in [6.07, 6.45) is 8.44. The van der Waals surface area contributed by atoms with Gasteiger partial charge in [0.25, 0.3) is 0 Å². The lowest BCUT2D eigenvalue weighted by atomic mass is 9.99. The van der Waals surface area contributed by atoms with Crippen LogP contribution < -0.4 is 0 Å². The molecule has 0 saturated carbocycles. The number of hydrogen-bond acceptors (Lipinski definition) is 4. The largest absolute Gasteiger partial charge is 0.299 e. The normalized spacial score (nSPS) is 20.6. The van der Waals surface area contributed by atoms with Gasteiger partial charge in [-0.3, -0.25) is 9.58 Å². The van der Waals surface area contributed by atoms with E-state index in [0.717, 1.165) is 38.9 Å². The van der Waals surface area contributed by atoms with E-state index in [9.17, 15) is 8.42 Å². The quantitative estimate of drug-likeness (QED) is 0.757.